The third-order valence-electron chi connectivity index (χ3n) is 4.43. The molecule has 0 spiro atoms. The molecule has 3 aromatic rings. The Morgan fingerprint density at radius 2 is 1.96 bits per heavy atom. The number of hydrogen-bond acceptors (Lipinski definition) is 5. The number of hydrogen-bond donors (Lipinski definition) is 1. The van der Waals surface area contributed by atoms with E-state index in [1.807, 2.05) is 49.4 Å². The van der Waals surface area contributed by atoms with Gasteiger partial charge in [-0.15, -0.1) is 0 Å². The molecule has 1 N–H and O–H groups in total. The quantitative estimate of drug-likeness (QED) is 0.788. The van der Waals surface area contributed by atoms with Crippen LogP contribution in [-0.4, -0.2) is 42.2 Å². The number of pyridine rings is 2. The molecule has 26 heavy (non-hydrogen) atoms. The summed E-state index contributed by atoms with van der Waals surface area (Å²) in [6.07, 6.45) is 1.74. The summed E-state index contributed by atoms with van der Waals surface area (Å²) in [5.74, 6) is 0.619. The van der Waals surface area contributed by atoms with Crippen molar-refractivity contribution in [3.63, 3.8) is 0 Å². The third kappa shape index (κ3) is 3.23. The zero-order valence-electron chi connectivity index (χ0n) is 14.6. The largest absolute Gasteiger partial charge is 0.378 e. The van der Waals surface area contributed by atoms with Crippen LogP contribution in [0, 0.1) is 6.92 Å². The van der Waals surface area contributed by atoms with Crippen molar-refractivity contribution in [2.45, 2.75) is 6.92 Å². The lowest BCUT2D eigenvalue weighted by Crippen LogP contribution is -2.37. The van der Waals surface area contributed by atoms with Crippen LogP contribution in [0.3, 0.4) is 0 Å². The number of aromatic nitrogens is 2. The first-order valence-corrected chi connectivity index (χ1v) is 8.68. The van der Waals surface area contributed by atoms with E-state index in [4.69, 9.17) is 4.74 Å². The normalized spacial score (nSPS) is 14.4. The van der Waals surface area contributed by atoms with Crippen molar-refractivity contribution in [1.82, 2.24) is 9.97 Å². The Morgan fingerprint density at radius 1 is 1.15 bits per heavy atom. The van der Waals surface area contributed by atoms with Crippen LogP contribution < -0.4 is 10.2 Å². The minimum absolute atomic E-state index is 0.158. The molecular weight excluding hydrogens is 328 g/mol. The first-order chi connectivity index (χ1) is 12.7. The predicted octanol–water partition coefficient (Wildman–Crippen LogP) is 3.03. The number of ether oxygens (including phenoxy) is 1. The van der Waals surface area contributed by atoms with Gasteiger partial charge >= 0.3 is 0 Å². The fourth-order valence-corrected chi connectivity index (χ4v) is 3.21. The Morgan fingerprint density at radius 3 is 2.81 bits per heavy atom. The molecule has 3 heterocycles. The van der Waals surface area contributed by atoms with E-state index in [0.29, 0.717) is 24.5 Å². The van der Waals surface area contributed by atoms with E-state index in [0.717, 1.165) is 35.5 Å². The zero-order valence-corrected chi connectivity index (χ0v) is 14.6. The van der Waals surface area contributed by atoms with Crippen LogP contribution in [0.25, 0.3) is 10.9 Å². The molecular formula is C20H20N4O2. The van der Waals surface area contributed by atoms with Crippen molar-refractivity contribution < 1.29 is 9.53 Å². The molecule has 0 radical (unpaired) electrons. The first-order valence-electron chi connectivity index (χ1n) is 8.68. The summed E-state index contributed by atoms with van der Waals surface area (Å²) >= 11 is 0. The number of benzene rings is 1. The number of fused-ring (bicyclic) bond motifs is 1. The van der Waals surface area contributed by atoms with Crippen LogP contribution in [-0.2, 0) is 4.74 Å². The Kier molecular flexibility index (Phi) is 4.50. The summed E-state index contributed by atoms with van der Waals surface area (Å²) in [7, 11) is 0. The Hall–Kier alpha value is -2.99. The number of aryl methyl sites for hydroxylation is 1. The summed E-state index contributed by atoms with van der Waals surface area (Å²) < 4.78 is 5.41. The van der Waals surface area contributed by atoms with Crippen LogP contribution in [0.4, 0.5) is 11.5 Å². The van der Waals surface area contributed by atoms with E-state index in [2.05, 4.69) is 20.2 Å². The zero-order chi connectivity index (χ0) is 17.9. The second-order valence-electron chi connectivity index (χ2n) is 6.26. The van der Waals surface area contributed by atoms with E-state index in [1.165, 1.54) is 0 Å². The summed E-state index contributed by atoms with van der Waals surface area (Å²) in [5, 5.41) is 3.87. The third-order valence-corrected chi connectivity index (χ3v) is 4.43. The minimum Gasteiger partial charge on any atom is -0.378 e. The number of amides is 1. The average molecular weight is 348 g/mol. The van der Waals surface area contributed by atoms with Gasteiger partial charge in [-0.3, -0.25) is 9.78 Å². The van der Waals surface area contributed by atoms with E-state index in [9.17, 15) is 4.79 Å². The standard InChI is InChI=1S/C20H20N4O2/c1-14-13-16(15-5-2-3-6-17(15)22-14)20(25)23-18-7-4-8-21-19(18)24-9-11-26-12-10-24/h2-8,13H,9-12H2,1H3,(H,23,25). The van der Waals surface area contributed by atoms with Gasteiger partial charge in [0.2, 0.25) is 0 Å². The number of carbonyl (C=O) groups excluding carboxylic acids is 1. The molecule has 132 valence electrons. The molecule has 0 aliphatic carbocycles. The van der Waals surface area contributed by atoms with Gasteiger partial charge < -0.3 is 15.0 Å². The summed E-state index contributed by atoms with van der Waals surface area (Å²) in [5.41, 5.74) is 2.95. The summed E-state index contributed by atoms with van der Waals surface area (Å²) in [4.78, 5) is 24.1. The lowest BCUT2D eigenvalue weighted by atomic mass is 10.1. The number of rotatable bonds is 3. The molecule has 1 fully saturated rings. The van der Waals surface area contributed by atoms with Gasteiger partial charge in [0.25, 0.3) is 5.91 Å². The van der Waals surface area contributed by atoms with Gasteiger partial charge in [0, 0.05) is 30.4 Å². The molecule has 6 heteroatoms. The average Bonchev–Trinajstić information content (AvgIpc) is 2.68. The fourth-order valence-electron chi connectivity index (χ4n) is 3.21. The van der Waals surface area contributed by atoms with Gasteiger partial charge in [-0.05, 0) is 31.2 Å². The van der Waals surface area contributed by atoms with Gasteiger partial charge in [0.1, 0.15) is 0 Å². The number of carbonyl (C=O) groups is 1. The highest BCUT2D eigenvalue weighted by Gasteiger charge is 2.19. The predicted molar refractivity (Wildman–Crippen MR) is 102 cm³/mol. The van der Waals surface area contributed by atoms with E-state index in [1.54, 1.807) is 6.20 Å². The van der Waals surface area contributed by atoms with E-state index < -0.39 is 0 Å². The molecule has 0 bridgehead atoms. The van der Waals surface area contributed by atoms with Crippen molar-refractivity contribution in [2.24, 2.45) is 0 Å². The van der Waals surface area contributed by atoms with Crippen LogP contribution in [0.1, 0.15) is 16.1 Å². The van der Waals surface area contributed by atoms with Gasteiger partial charge in [0.15, 0.2) is 5.82 Å². The Bertz CT molecular complexity index is 951. The monoisotopic (exact) mass is 348 g/mol. The molecule has 2 aromatic heterocycles. The van der Waals surface area contributed by atoms with Gasteiger partial charge in [0.05, 0.1) is 30.0 Å². The summed E-state index contributed by atoms with van der Waals surface area (Å²) in [6, 6.07) is 13.2. The fraction of sp³-hybridized carbons (Fsp3) is 0.250. The maximum atomic E-state index is 13.0. The molecule has 6 nitrogen and oxygen atoms in total. The number of morpholine rings is 1. The Balaban J connectivity index is 1.67. The molecule has 1 saturated heterocycles. The van der Waals surface area contributed by atoms with Crippen molar-refractivity contribution in [3.05, 3.63) is 59.9 Å². The van der Waals surface area contributed by atoms with Gasteiger partial charge in [-0.2, -0.15) is 0 Å². The maximum absolute atomic E-state index is 13.0. The molecule has 0 atom stereocenters. The van der Waals surface area contributed by atoms with Crippen LogP contribution in [0.5, 0.6) is 0 Å². The molecule has 1 amide bonds. The first kappa shape index (κ1) is 16.5. The van der Waals surface area contributed by atoms with Gasteiger partial charge in [-0.25, -0.2) is 4.98 Å². The molecule has 0 saturated carbocycles. The number of anilines is 2. The second-order valence-corrected chi connectivity index (χ2v) is 6.26. The molecule has 0 unspecified atom stereocenters. The Labute approximate surface area is 151 Å². The number of nitrogens with one attached hydrogen (secondary N) is 1. The smallest absolute Gasteiger partial charge is 0.256 e. The van der Waals surface area contributed by atoms with Gasteiger partial charge in [-0.1, -0.05) is 18.2 Å². The van der Waals surface area contributed by atoms with Crippen LogP contribution >= 0.6 is 0 Å². The van der Waals surface area contributed by atoms with Crippen molar-refractivity contribution in [1.29, 1.82) is 0 Å². The molecule has 1 aromatic carbocycles. The van der Waals surface area contributed by atoms with Crippen LogP contribution in [0.15, 0.2) is 48.7 Å². The SMILES string of the molecule is Cc1cc(C(=O)Nc2cccnc2N2CCOCC2)c2ccccc2n1. The van der Waals surface area contributed by atoms with Crippen molar-refractivity contribution in [2.75, 3.05) is 36.5 Å². The lowest BCUT2D eigenvalue weighted by Gasteiger charge is -2.29. The van der Waals surface area contributed by atoms with Crippen LogP contribution in [0.2, 0.25) is 0 Å². The highest BCUT2D eigenvalue weighted by atomic mass is 16.5. The van der Waals surface area contributed by atoms with Crippen molar-refractivity contribution in [3.8, 4) is 0 Å². The maximum Gasteiger partial charge on any atom is 0.256 e. The van der Waals surface area contributed by atoms with E-state index >= 15 is 0 Å². The minimum atomic E-state index is -0.158. The topological polar surface area (TPSA) is 67.4 Å². The van der Waals surface area contributed by atoms with E-state index in [-0.39, 0.29) is 5.91 Å². The molecule has 1 aliphatic rings. The number of nitrogens with zero attached hydrogens (tertiary/aromatic N) is 3. The lowest BCUT2D eigenvalue weighted by molar-refractivity contribution is 0.102. The molecule has 1 aliphatic heterocycles. The molecule has 4 rings (SSSR count). The highest BCUT2D eigenvalue weighted by molar-refractivity contribution is 6.13. The highest BCUT2D eigenvalue weighted by Crippen LogP contribution is 2.25. The second kappa shape index (κ2) is 7.09. The summed E-state index contributed by atoms with van der Waals surface area (Å²) in [6.45, 7) is 4.75. The number of para-hydroxylation sites is 1. The van der Waals surface area contributed by atoms with Crippen molar-refractivity contribution >= 4 is 28.3 Å².